The number of halogens is 1. The van der Waals surface area contributed by atoms with Gasteiger partial charge in [0.1, 0.15) is 23.2 Å². The molecule has 2 aromatic rings. The number of imide groups is 1. The van der Waals surface area contributed by atoms with E-state index in [0.717, 1.165) is 17.7 Å². The highest BCUT2D eigenvalue weighted by Crippen LogP contribution is 2.35. The Labute approximate surface area is 173 Å². The lowest BCUT2D eigenvalue weighted by Crippen LogP contribution is -2.49. The molecule has 2 fully saturated rings. The molecule has 4 amide bonds. The number of carbonyl (C=O) groups excluding carboxylic acids is 3. The number of aryl methyl sites for hydroxylation is 1. The fraction of sp³-hybridized carbons (Fsp3) is 0.429. The quantitative estimate of drug-likeness (QED) is 0.735. The molecule has 9 heteroatoms. The Morgan fingerprint density at radius 2 is 2.07 bits per heavy atom. The topological polar surface area (TPSA) is 96.3 Å². The van der Waals surface area contributed by atoms with Crippen LogP contribution in [0.3, 0.4) is 0 Å². The average molecular weight is 413 g/mol. The fourth-order valence-corrected chi connectivity index (χ4v) is 4.25. The molecule has 2 N–H and O–H groups in total. The van der Waals surface area contributed by atoms with E-state index in [2.05, 4.69) is 15.6 Å². The highest BCUT2D eigenvalue weighted by atomic mass is 19.1. The summed E-state index contributed by atoms with van der Waals surface area (Å²) in [5.41, 5.74) is 0.0874. The third-order valence-corrected chi connectivity index (χ3v) is 5.98. The second-order valence-electron chi connectivity index (χ2n) is 7.92. The zero-order valence-corrected chi connectivity index (χ0v) is 16.9. The summed E-state index contributed by atoms with van der Waals surface area (Å²) in [6.45, 7) is 3.38. The van der Waals surface area contributed by atoms with Gasteiger partial charge < -0.3 is 15.2 Å². The number of hydrogen-bond donors (Lipinski definition) is 2. The summed E-state index contributed by atoms with van der Waals surface area (Å²) in [6.07, 6.45) is 6.22. The molecule has 0 radical (unpaired) electrons. The van der Waals surface area contributed by atoms with Gasteiger partial charge in [-0.3, -0.25) is 9.59 Å². The molecule has 1 atom stereocenters. The number of urea groups is 1. The molecule has 1 saturated heterocycles. The summed E-state index contributed by atoms with van der Waals surface area (Å²) in [4.78, 5) is 42.8. The molecular weight excluding hydrogens is 389 g/mol. The van der Waals surface area contributed by atoms with Crippen LogP contribution in [0.4, 0.5) is 9.18 Å². The van der Waals surface area contributed by atoms with Gasteiger partial charge in [-0.05, 0) is 44.4 Å². The first-order valence-corrected chi connectivity index (χ1v) is 10.0. The Hall–Kier alpha value is -3.23. The summed E-state index contributed by atoms with van der Waals surface area (Å²) < 4.78 is 16.2. The minimum atomic E-state index is -0.949. The van der Waals surface area contributed by atoms with E-state index in [1.807, 2.05) is 0 Å². The van der Waals surface area contributed by atoms with E-state index in [4.69, 9.17) is 0 Å². The Morgan fingerprint density at radius 1 is 1.33 bits per heavy atom. The molecule has 2 heterocycles. The maximum absolute atomic E-state index is 14.5. The number of imidazole rings is 1. The maximum Gasteiger partial charge on any atom is 0.325 e. The molecule has 1 saturated carbocycles. The monoisotopic (exact) mass is 413 g/mol. The summed E-state index contributed by atoms with van der Waals surface area (Å²) in [6, 6.07) is 3.20. The van der Waals surface area contributed by atoms with Gasteiger partial charge in [-0.1, -0.05) is 18.9 Å². The van der Waals surface area contributed by atoms with Crippen molar-refractivity contribution < 1.29 is 18.8 Å². The van der Waals surface area contributed by atoms with Gasteiger partial charge in [0.2, 0.25) is 5.91 Å². The number of nitrogens with zero attached hydrogens (tertiary/aromatic N) is 3. The van der Waals surface area contributed by atoms with Gasteiger partial charge in [-0.2, -0.15) is 0 Å². The molecule has 1 aliphatic heterocycles. The van der Waals surface area contributed by atoms with Crippen LogP contribution in [0.25, 0.3) is 5.69 Å². The molecular formula is C21H24FN5O3. The summed E-state index contributed by atoms with van der Waals surface area (Å²) in [5.74, 6) is -0.576. The van der Waals surface area contributed by atoms with E-state index < -0.39 is 29.3 Å². The van der Waals surface area contributed by atoms with Crippen LogP contribution in [-0.2, 0) is 16.1 Å². The molecule has 1 aliphatic carbocycles. The predicted molar refractivity (Wildman–Crippen MR) is 106 cm³/mol. The Balaban J connectivity index is 1.41. The first kappa shape index (κ1) is 20.1. The van der Waals surface area contributed by atoms with Crippen LogP contribution in [0.5, 0.6) is 0 Å². The molecule has 1 unspecified atom stereocenters. The number of nitrogens with one attached hydrogen (secondary N) is 2. The van der Waals surface area contributed by atoms with E-state index in [1.54, 1.807) is 36.0 Å². The van der Waals surface area contributed by atoms with E-state index in [-0.39, 0.29) is 12.5 Å². The molecule has 158 valence electrons. The van der Waals surface area contributed by atoms with Gasteiger partial charge in [0.05, 0.1) is 5.69 Å². The molecule has 4 rings (SSSR count). The highest BCUT2D eigenvalue weighted by Gasteiger charge is 2.54. The normalized spacial score (nSPS) is 18.7. The number of carbonyl (C=O) groups is 3. The van der Waals surface area contributed by atoms with Crippen molar-refractivity contribution in [1.29, 1.82) is 0 Å². The number of benzene rings is 1. The average Bonchev–Trinajstić information content (AvgIpc) is 3.41. The second-order valence-corrected chi connectivity index (χ2v) is 7.92. The number of amides is 4. The molecule has 30 heavy (non-hydrogen) atoms. The predicted octanol–water partition coefficient (Wildman–Crippen LogP) is 2.19. The number of hydrogen-bond acceptors (Lipinski definition) is 4. The molecule has 1 spiro atoms. The van der Waals surface area contributed by atoms with Gasteiger partial charge in [0.15, 0.2) is 0 Å². The van der Waals surface area contributed by atoms with Crippen LogP contribution in [0, 0.1) is 12.7 Å². The van der Waals surface area contributed by atoms with Crippen LogP contribution >= 0.6 is 0 Å². The van der Waals surface area contributed by atoms with Crippen molar-refractivity contribution in [1.82, 2.24) is 25.1 Å². The van der Waals surface area contributed by atoms with Crippen LogP contribution in [0.15, 0.2) is 30.6 Å². The summed E-state index contributed by atoms with van der Waals surface area (Å²) >= 11 is 0. The van der Waals surface area contributed by atoms with E-state index in [1.165, 1.54) is 13.0 Å². The zero-order valence-electron chi connectivity index (χ0n) is 16.9. The van der Waals surface area contributed by atoms with Gasteiger partial charge in [0, 0.05) is 18.9 Å². The van der Waals surface area contributed by atoms with E-state index >= 15 is 0 Å². The van der Waals surface area contributed by atoms with Crippen molar-refractivity contribution in [3.05, 3.63) is 47.8 Å². The Kier molecular flexibility index (Phi) is 5.05. The Morgan fingerprint density at radius 3 is 2.70 bits per heavy atom. The fourth-order valence-electron chi connectivity index (χ4n) is 4.25. The molecule has 0 bridgehead atoms. The molecule has 1 aromatic heterocycles. The molecule has 1 aromatic carbocycles. The zero-order chi connectivity index (χ0) is 21.5. The van der Waals surface area contributed by atoms with Crippen molar-refractivity contribution in [2.75, 3.05) is 0 Å². The lowest BCUT2D eigenvalue weighted by Gasteiger charge is -2.23. The van der Waals surface area contributed by atoms with Crippen LogP contribution in [0.1, 0.15) is 44.0 Å². The third kappa shape index (κ3) is 3.34. The first-order valence-electron chi connectivity index (χ1n) is 10.0. The maximum atomic E-state index is 14.5. The third-order valence-electron chi connectivity index (χ3n) is 5.98. The van der Waals surface area contributed by atoms with E-state index in [9.17, 15) is 18.8 Å². The SMILES string of the molecule is Cc1nccn1-c1ccc(CNC(=O)C(C)N2C(=O)NC3(CCCC3)C2=O)cc1F. The van der Waals surface area contributed by atoms with E-state index in [0.29, 0.717) is 29.9 Å². The largest absolute Gasteiger partial charge is 0.350 e. The smallest absolute Gasteiger partial charge is 0.325 e. The highest BCUT2D eigenvalue weighted by molar-refractivity contribution is 6.09. The molecule has 8 nitrogen and oxygen atoms in total. The summed E-state index contributed by atoms with van der Waals surface area (Å²) in [5, 5.41) is 5.46. The molecule has 2 aliphatic rings. The van der Waals surface area contributed by atoms with Crippen molar-refractivity contribution in [2.45, 2.75) is 57.7 Å². The second kappa shape index (κ2) is 7.55. The van der Waals surface area contributed by atoms with Gasteiger partial charge in [0.25, 0.3) is 5.91 Å². The van der Waals surface area contributed by atoms with Gasteiger partial charge in [-0.25, -0.2) is 19.1 Å². The minimum Gasteiger partial charge on any atom is -0.350 e. The first-order chi connectivity index (χ1) is 14.3. The van der Waals surface area contributed by atoms with Gasteiger partial charge >= 0.3 is 6.03 Å². The van der Waals surface area contributed by atoms with Crippen molar-refractivity contribution >= 4 is 17.8 Å². The van der Waals surface area contributed by atoms with Crippen molar-refractivity contribution in [2.24, 2.45) is 0 Å². The number of aromatic nitrogens is 2. The van der Waals surface area contributed by atoms with Gasteiger partial charge in [-0.15, -0.1) is 0 Å². The number of rotatable bonds is 5. The Bertz CT molecular complexity index is 1010. The minimum absolute atomic E-state index is 0.0814. The van der Waals surface area contributed by atoms with Crippen molar-refractivity contribution in [3.63, 3.8) is 0 Å². The van der Waals surface area contributed by atoms with Crippen molar-refractivity contribution in [3.8, 4) is 5.69 Å². The van der Waals surface area contributed by atoms with Crippen LogP contribution < -0.4 is 10.6 Å². The summed E-state index contributed by atoms with van der Waals surface area (Å²) in [7, 11) is 0. The lowest BCUT2D eigenvalue weighted by atomic mass is 9.97. The standard InChI is InChI=1S/C21H24FN5O3/c1-13(27-19(29)21(25-20(27)30)7-3-4-8-21)18(28)24-12-15-5-6-17(16(22)11-15)26-10-9-23-14(26)2/h5-6,9-11,13H,3-4,7-8,12H2,1-2H3,(H,24,28)(H,25,30). The van der Waals surface area contributed by atoms with Crippen LogP contribution in [-0.4, -0.2) is 43.9 Å². The van der Waals surface area contributed by atoms with Crippen LogP contribution in [0.2, 0.25) is 0 Å². The lowest BCUT2D eigenvalue weighted by molar-refractivity contribution is -0.137.